The highest BCUT2D eigenvalue weighted by Gasteiger charge is 2.08. The van der Waals surface area contributed by atoms with Gasteiger partial charge in [0.2, 0.25) is 0 Å². The molecule has 8 nitrogen and oxygen atoms in total. The van der Waals surface area contributed by atoms with Crippen LogP contribution in [0.1, 0.15) is 11.1 Å². The number of phenols is 2. The van der Waals surface area contributed by atoms with Crippen molar-refractivity contribution in [2.24, 2.45) is 9.98 Å². The molecule has 0 unspecified atom stereocenters. The van der Waals surface area contributed by atoms with Crippen LogP contribution < -0.4 is 18.9 Å². The number of para-hydroxylation sites is 6. The fraction of sp³-hybridized carbons (Fsp3) is 0.133. The zero-order valence-electron chi connectivity index (χ0n) is 21.1. The highest BCUT2D eigenvalue weighted by atomic mass is 16.5. The molecule has 0 amide bonds. The van der Waals surface area contributed by atoms with Gasteiger partial charge in [-0.15, -0.1) is 0 Å². The van der Waals surface area contributed by atoms with Gasteiger partial charge < -0.3 is 29.2 Å². The van der Waals surface area contributed by atoms with Crippen molar-refractivity contribution in [2.75, 3.05) is 27.4 Å². The number of phenolic OH excluding ortho intramolecular Hbond substituents is 2. The third-order valence-corrected chi connectivity index (χ3v) is 5.51. The second-order valence-electron chi connectivity index (χ2n) is 7.94. The van der Waals surface area contributed by atoms with E-state index in [1.807, 2.05) is 48.5 Å². The van der Waals surface area contributed by atoms with Crippen LogP contribution in [-0.2, 0) is 0 Å². The van der Waals surface area contributed by atoms with Gasteiger partial charge in [-0.25, -0.2) is 0 Å². The standard InChI is InChI=1S/C30H28N2O6/c1-35-27-15-7-9-21(29(27)33)19-31-23-11-3-5-13-25(23)37-17-18-38-26-14-6-4-12-24(26)32-20-22-10-8-16-28(36-2)30(22)34/h3-16,19-20,33-34H,17-18H2,1-2H3. The van der Waals surface area contributed by atoms with Gasteiger partial charge in [0.25, 0.3) is 0 Å². The van der Waals surface area contributed by atoms with Gasteiger partial charge in [0.1, 0.15) is 36.1 Å². The number of ether oxygens (including phenoxy) is 4. The first-order valence-electron chi connectivity index (χ1n) is 11.8. The van der Waals surface area contributed by atoms with E-state index in [4.69, 9.17) is 18.9 Å². The maximum absolute atomic E-state index is 10.3. The van der Waals surface area contributed by atoms with Crippen LogP contribution in [0.25, 0.3) is 0 Å². The van der Waals surface area contributed by atoms with E-state index in [1.54, 1.807) is 48.8 Å². The van der Waals surface area contributed by atoms with Gasteiger partial charge in [0, 0.05) is 23.6 Å². The van der Waals surface area contributed by atoms with Crippen molar-refractivity contribution in [1.29, 1.82) is 0 Å². The molecule has 4 aromatic carbocycles. The van der Waals surface area contributed by atoms with Crippen LogP contribution >= 0.6 is 0 Å². The molecule has 0 saturated carbocycles. The summed E-state index contributed by atoms with van der Waals surface area (Å²) in [5, 5.41) is 20.6. The minimum absolute atomic E-state index is 0.0217. The molecular weight excluding hydrogens is 484 g/mol. The third kappa shape index (κ3) is 6.41. The number of aromatic hydroxyl groups is 2. The Morgan fingerprint density at radius 2 is 0.947 bits per heavy atom. The lowest BCUT2D eigenvalue weighted by molar-refractivity contribution is 0.218. The Labute approximate surface area is 221 Å². The Morgan fingerprint density at radius 1 is 0.553 bits per heavy atom. The summed E-state index contributed by atoms with van der Waals surface area (Å²) in [6.07, 6.45) is 3.12. The first kappa shape index (κ1) is 26.1. The molecule has 194 valence electrons. The Bertz CT molecular complexity index is 1330. The monoisotopic (exact) mass is 512 g/mol. The van der Waals surface area contributed by atoms with Gasteiger partial charge >= 0.3 is 0 Å². The Kier molecular flexibility index (Phi) is 8.80. The molecule has 0 aliphatic heterocycles. The van der Waals surface area contributed by atoms with E-state index in [0.717, 1.165) is 0 Å². The maximum atomic E-state index is 10.3. The van der Waals surface area contributed by atoms with Crippen LogP contribution in [0.3, 0.4) is 0 Å². The van der Waals surface area contributed by atoms with E-state index in [2.05, 4.69) is 9.98 Å². The normalized spacial score (nSPS) is 11.1. The quantitative estimate of drug-likeness (QED) is 0.187. The summed E-state index contributed by atoms with van der Waals surface area (Å²) in [5.41, 5.74) is 2.28. The number of hydrogen-bond donors (Lipinski definition) is 2. The lowest BCUT2D eigenvalue weighted by Crippen LogP contribution is -2.09. The molecule has 0 radical (unpaired) electrons. The summed E-state index contributed by atoms with van der Waals surface area (Å²) in [7, 11) is 3.00. The van der Waals surface area contributed by atoms with Crippen LogP contribution in [0, 0.1) is 0 Å². The summed E-state index contributed by atoms with van der Waals surface area (Å²) < 4.78 is 22.1. The summed E-state index contributed by atoms with van der Waals surface area (Å²) in [4.78, 5) is 8.96. The number of nitrogens with zero attached hydrogens (tertiary/aromatic N) is 2. The third-order valence-electron chi connectivity index (χ3n) is 5.51. The van der Waals surface area contributed by atoms with E-state index < -0.39 is 0 Å². The predicted molar refractivity (Wildman–Crippen MR) is 148 cm³/mol. The van der Waals surface area contributed by atoms with Crippen molar-refractivity contribution in [3.63, 3.8) is 0 Å². The molecule has 4 aromatic rings. The molecule has 8 heteroatoms. The molecule has 2 N–H and O–H groups in total. The van der Waals surface area contributed by atoms with Crippen LogP contribution in [0.4, 0.5) is 11.4 Å². The molecule has 4 rings (SSSR count). The minimum Gasteiger partial charge on any atom is -0.504 e. The largest absolute Gasteiger partial charge is 0.504 e. The van der Waals surface area contributed by atoms with E-state index in [0.29, 0.717) is 45.5 Å². The molecule has 0 aliphatic carbocycles. The summed E-state index contributed by atoms with van der Waals surface area (Å²) in [5.74, 6) is 1.95. The Balaban J connectivity index is 1.39. The van der Waals surface area contributed by atoms with Crippen molar-refractivity contribution >= 4 is 23.8 Å². The molecule has 0 bridgehead atoms. The second-order valence-corrected chi connectivity index (χ2v) is 7.94. The van der Waals surface area contributed by atoms with Gasteiger partial charge in [-0.3, -0.25) is 9.98 Å². The summed E-state index contributed by atoms with van der Waals surface area (Å²) in [6.45, 7) is 0.539. The molecule has 0 heterocycles. The smallest absolute Gasteiger partial charge is 0.166 e. The lowest BCUT2D eigenvalue weighted by Gasteiger charge is -2.11. The SMILES string of the molecule is COc1cccc(C=Nc2ccccc2OCCOc2ccccc2N=Cc2cccc(OC)c2O)c1O. The van der Waals surface area contributed by atoms with Crippen molar-refractivity contribution in [1.82, 2.24) is 0 Å². The molecule has 0 saturated heterocycles. The summed E-state index contributed by atoms with van der Waals surface area (Å²) in [6, 6.07) is 25.1. The van der Waals surface area contributed by atoms with Gasteiger partial charge in [-0.1, -0.05) is 36.4 Å². The highest BCUT2D eigenvalue weighted by Crippen LogP contribution is 2.32. The fourth-order valence-corrected chi connectivity index (χ4v) is 3.57. The zero-order chi connectivity index (χ0) is 26.7. The molecule has 0 atom stereocenters. The fourth-order valence-electron chi connectivity index (χ4n) is 3.57. The first-order chi connectivity index (χ1) is 18.6. The molecule has 0 aliphatic rings. The average Bonchev–Trinajstić information content (AvgIpc) is 2.95. The number of rotatable bonds is 11. The number of benzene rings is 4. The zero-order valence-corrected chi connectivity index (χ0v) is 21.1. The van der Waals surface area contributed by atoms with E-state index in [9.17, 15) is 10.2 Å². The van der Waals surface area contributed by atoms with E-state index in [-0.39, 0.29) is 24.7 Å². The van der Waals surface area contributed by atoms with Crippen LogP contribution in [-0.4, -0.2) is 50.1 Å². The molecule has 0 aromatic heterocycles. The maximum Gasteiger partial charge on any atom is 0.166 e. The van der Waals surface area contributed by atoms with Gasteiger partial charge in [0.15, 0.2) is 23.0 Å². The molecule has 0 fully saturated rings. The average molecular weight is 513 g/mol. The topological polar surface area (TPSA) is 102 Å². The Morgan fingerprint density at radius 3 is 1.37 bits per heavy atom. The van der Waals surface area contributed by atoms with Crippen molar-refractivity contribution in [3.8, 4) is 34.5 Å². The van der Waals surface area contributed by atoms with E-state index >= 15 is 0 Å². The van der Waals surface area contributed by atoms with Crippen LogP contribution in [0.15, 0.2) is 94.9 Å². The second kappa shape index (κ2) is 12.8. The van der Waals surface area contributed by atoms with Crippen molar-refractivity contribution in [2.45, 2.75) is 0 Å². The lowest BCUT2D eigenvalue weighted by atomic mass is 10.2. The van der Waals surface area contributed by atoms with Gasteiger partial charge in [-0.2, -0.15) is 0 Å². The van der Waals surface area contributed by atoms with Crippen LogP contribution in [0.5, 0.6) is 34.5 Å². The van der Waals surface area contributed by atoms with Gasteiger partial charge in [0.05, 0.1) is 14.2 Å². The highest BCUT2D eigenvalue weighted by molar-refractivity contribution is 5.88. The molecule has 0 spiro atoms. The van der Waals surface area contributed by atoms with Crippen LogP contribution in [0.2, 0.25) is 0 Å². The number of aliphatic imine (C=N–C) groups is 2. The molecule has 38 heavy (non-hydrogen) atoms. The molecular formula is C30H28N2O6. The predicted octanol–water partition coefficient (Wildman–Crippen LogP) is 6.07. The van der Waals surface area contributed by atoms with E-state index in [1.165, 1.54) is 14.2 Å². The number of hydrogen-bond acceptors (Lipinski definition) is 8. The van der Waals surface area contributed by atoms with Crippen molar-refractivity contribution in [3.05, 3.63) is 96.1 Å². The van der Waals surface area contributed by atoms with Crippen molar-refractivity contribution < 1.29 is 29.2 Å². The minimum atomic E-state index is 0.0217. The summed E-state index contributed by atoms with van der Waals surface area (Å²) >= 11 is 0. The van der Waals surface area contributed by atoms with Gasteiger partial charge in [-0.05, 0) is 48.5 Å². The number of methoxy groups -OCH3 is 2. The first-order valence-corrected chi connectivity index (χ1v) is 11.8. The Hall–Kier alpha value is -4.98.